The Hall–Kier alpha value is -3.98. The molecule has 2 unspecified atom stereocenters. The van der Waals surface area contributed by atoms with Crippen molar-refractivity contribution >= 4 is 35.5 Å². The van der Waals surface area contributed by atoms with E-state index in [1.807, 2.05) is 6.07 Å². The summed E-state index contributed by atoms with van der Waals surface area (Å²) in [5.74, 6) is 0.249. The molecule has 250 valence electrons. The second-order valence-corrected chi connectivity index (χ2v) is 15.7. The van der Waals surface area contributed by atoms with Gasteiger partial charge in [0.25, 0.3) is 5.70 Å². The number of nitriles is 1. The fourth-order valence-corrected chi connectivity index (χ4v) is 11.0. The van der Waals surface area contributed by atoms with Gasteiger partial charge in [0.15, 0.2) is 0 Å². The molecule has 6 nitrogen and oxygen atoms in total. The number of esters is 2. The van der Waals surface area contributed by atoms with Crippen LogP contribution >= 0.6 is 23.5 Å². The lowest BCUT2D eigenvalue weighted by molar-refractivity contribution is -0.136. The molecule has 0 saturated heterocycles. The van der Waals surface area contributed by atoms with Gasteiger partial charge >= 0.3 is 11.9 Å². The average molecular weight is 689 g/mol. The van der Waals surface area contributed by atoms with Crippen LogP contribution in [0.4, 0.5) is 0 Å². The van der Waals surface area contributed by atoms with Crippen LogP contribution in [0.1, 0.15) is 136 Å². The summed E-state index contributed by atoms with van der Waals surface area (Å²) in [5, 5.41) is 9.85. The van der Waals surface area contributed by atoms with Gasteiger partial charge in [0.2, 0.25) is 0 Å². The molecule has 3 aromatic carbocycles. The number of hydrogen-bond acceptors (Lipinski definition) is 7. The van der Waals surface area contributed by atoms with Gasteiger partial charge in [0.1, 0.15) is 11.5 Å². The average Bonchev–Trinajstić information content (AvgIpc) is 3.62. The van der Waals surface area contributed by atoms with Crippen LogP contribution in [0.3, 0.4) is 0 Å². The highest BCUT2D eigenvalue weighted by Crippen LogP contribution is 2.81. The van der Waals surface area contributed by atoms with Crippen LogP contribution in [-0.2, 0) is 15.0 Å². The zero-order valence-corrected chi connectivity index (χ0v) is 29.7. The van der Waals surface area contributed by atoms with Gasteiger partial charge < -0.3 is 9.47 Å². The largest absolute Gasteiger partial charge is 0.425 e. The predicted octanol–water partition coefficient (Wildman–Crippen LogP) is 10.9. The van der Waals surface area contributed by atoms with E-state index >= 15 is 0 Å². The first-order chi connectivity index (χ1) is 24.0. The third-order valence-corrected chi connectivity index (χ3v) is 13.1. The van der Waals surface area contributed by atoms with E-state index in [0.29, 0.717) is 38.4 Å². The van der Waals surface area contributed by atoms with Crippen LogP contribution in [0.25, 0.3) is 4.85 Å². The van der Waals surface area contributed by atoms with Crippen molar-refractivity contribution in [2.45, 2.75) is 118 Å². The number of allylic oxidation sites excluding steroid dienone is 1. The van der Waals surface area contributed by atoms with E-state index in [1.165, 1.54) is 45.8 Å². The van der Waals surface area contributed by atoms with Gasteiger partial charge in [-0.05, 0) is 35.1 Å². The standard InChI is InChI=1S/C41H40N2O4S2/c1-4-6-8-10-12-22-30(44)46-36-32-33(35-26-19-15-17-21-28(26)41(35)27-20-16-14-18-25(27)34(32)41)37(47-31(45)23-13-11-9-7-5-2)39-38(36)48-40(49-39)29(24-42)43-3/h14-21,34-35H,4-13,22-23H2,1-2H3. The Morgan fingerprint density at radius 3 is 1.63 bits per heavy atom. The van der Waals surface area contributed by atoms with Crippen LogP contribution in [0.2, 0.25) is 0 Å². The Morgan fingerprint density at radius 2 is 1.20 bits per heavy atom. The molecule has 8 heteroatoms. The van der Waals surface area contributed by atoms with Gasteiger partial charge in [-0.2, -0.15) is 0 Å². The Balaban J connectivity index is 1.38. The molecular formula is C41H40N2O4S2. The quantitative estimate of drug-likeness (QED) is 0.0548. The normalized spacial score (nSPS) is 19.8. The van der Waals surface area contributed by atoms with Crippen LogP contribution in [-0.4, -0.2) is 11.9 Å². The van der Waals surface area contributed by atoms with E-state index in [1.54, 1.807) is 0 Å². The minimum absolute atomic E-state index is 0.0231. The van der Waals surface area contributed by atoms with Crippen molar-refractivity contribution in [2.75, 3.05) is 0 Å². The van der Waals surface area contributed by atoms with Crippen LogP contribution in [0.15, 0.2) is 68.3 Å². The van der Waals surface area contributed by atoms with Crippen molar-refractivity contribution in [2.24, 2.45) is 0 Å². The number of carbonyl (C=O) groups is 2. The smallest absolute Gasteiger partial charge is 0.311 e. The highest BCUT2D eigenvalue weighted by atomic mass is 32.2. The van der Waals surface area contributed by atoms with Crippen LogP contribution in [0, 0.1) is 17.9 Å². The number of nitrogens with zero attached hydrogens (tertiary/aromatic N) is 2. The van der Waals surface area contributed by atoms with Crippen LogP contribution in [0.5, 0.6) is 11.5 Å². The van der Waals surface area contributed by atoms with E-state index in [9.17, 15) is 14.9 Å². The lowest BCUT2D eigenvalue weighted by atomic mass is 9.43. The lowest BCUT2D eigenvalue weighted by Gasteiger charge is -2.58. The van der Waals surface area contributed by atoms with Gasteiger partial charge in [-0.15, -0.1) is 0 Å². The number of rotatable bonds is 14. The van der Waals surface area contributed by atoms with Crippen molar-refractivity contribution in [3.63, 3.8) is 0 Å². The van der Waals surface area contributed by atoms with Crippen molar-refractivity contribution < 1.29 is 19.1 Å². The molecule has 1 spiro atoms. The van der Waals surface area contributed by atoms with Gasteiger partial charge in [0.05, 0.1) is 26.7 Å². The van der Waals surface area contributed by atoms with Gasteiger partial charge in [-0.25, -0.2) is 10.1 Å². The third-order valence-electron chi connectivity index (χ3n) is 10.5. The van der Waals surface area contributed by atoms with Crippen LogP contribution < -0.4 is 9.47 Å². The maximum atomic E-state index is 13.6. The topological polar surface area (TPSA) is 80.8 Å². The molecule has 0 bridgehead atoms. The molecule has 3 aromatic rings. The molecule has 3 aliphatic carbocycles. The highest BCUT2D eigenvalue weighted by molar-refractivity contribution is 8.24. The van der Waals surface area contributed by atoms with Crippen molar-refractivity contribution in [3.8, 4) is 17.6 Å². The van der Waals surface area contributed by atoms with Crippen molar-refractivity contribution in [1.29, 1.82) is 5.26 Å². The summed E-state index contributed by atoms with van der Waals surface area (Å²) in [7, 11) is 0. The van der Waals surface area contributed by atoms with E-state index in [2.05, 4.69) is 67.2 Å². The van der Waals surface area contributed by atoms with Gasteiger partial charge in [0, 0.05) is 41.2 Å². The number of ether oxygens (including phenoxy) is 2. The molecule has 1 heterocycles. The first-order valence-electron chi connectivity index (χ1n) is 17.7. The summed E-state index contributed by atoms with van der Waals surface area (Å²) in [6.07, 6.45) is 10.8. The summed E-state index contributed by atoms with van der Waals surface area (Å²) in [4.78, 5) is 32.1. The SMILES string of the molecule is [C-]#[N+]C(C#N)=C1Sc2c(OC(=O)CCCCCCC)c3c(c(OC(=O)CCCCCCC)c2S1)C1c2ccccc2C12c1ccccc1C32. The molecule has 49 heavy (non-hydrogen) atoms. The Labute approximate surface area is 297 Å². The summed E-state index contributed by atoms with van der Waals surface area (Å²) in [6, 6.07) is 19.0. The minimum Gasteiger partial charge on any atom is -0.425 e. The van der Waals surface area contributed by atoms with Crippen molar-refractivity contribution in [3.05, 3.63) is 103 Å². The van der Waals surface area contributed by atoms with Gasteiger partial charge in [-0.1, -0.05) is 137 Å². The molecule has 4 aliphatic rings. The Kier molecular flexibility index (Phi) is 9.64. The molecule has 1 aliphatic heterocycles. The summed E-state index contributed by atoms with van der Waals surface area (Å²) in [6.45, 7) is 12.0. The number of benzene rings is 3. The number of unbranched alkanes of at least 4 members (excludes halogenated alkanes) is 8. The molecule has 0 fully saturated rings. The maximum absolute atomic E-state index is 13.6. The molecule has 0 aromatic heterocycles. The fraction of sp³-hybridized carbons (Fsp3) is 0.415. The number of carbonyl (C=O) groups excluding carboxylic acids is 2. The summed E-state index contributed by atoms with van der Waals surface area (Å²) >= 11 is 2.56. The first-order valence-corrected chi connectivity index (χ1v) is 19.4. The van der Waals surface area contributed by atoms with Gasteiger partial charge in [-0.3, -0.25) is 9.59 Å². The fourth-order valence-electron chi connectivity index (χ4n) is 8.44. The van der Waals surface area contributed by atoms with E-state index in [-0.39, 0.29) is 34.9 Å². The van der Waals surface area contributed by atoms with E-state index < -0.39 is 0 Å². The molecule has 0 radical (unpaired) electrons. The lowest BCUT2D eigenvalue weighted by Crippen LogP contribution is -2.52. The maximum Gasteiger partial charge on any atom is 0.311 e. The molecule has 2 atom stereocenters. The third kappa shape index (κ3) is 5.40. The monoisotopic (exact) mass is 688 g/mol. The van der Waals surface area contributed by atoms with E-state index in [0.717, 1.165) is 75.3 Å². The van der Waals surface area contributed by atoms with E-state index in [4.69, 9.17) is 16.0 Å². The molecular weight excluding hydrogens is 649 g/mol. The summed E-state index contributed by atoms with van der Waals surface area (Å²) in [5.41, 5.74) is 6.36. The predicted molar refractivity (Wildman–Crippen MR) is 193 cm³/mol. The number of fused-ring (bicyclic) bond motifs is 8. The second-order valence-electron chi connectivity index (χ2n) is 13.4. The second kappa shape index (κ2) is 14.1. The Bertz CT molecular complexity index is 1820. The zero-order valence-electron chi connectivity index (χ0n) is 28.1. The summed E-state index contributed by atoms with van der Waals surface area (Å²) < 4.78 is 13.4. The zero-order chi connectivity index (χ0) is 34.1. The molecule has 0 amide bonds. The highest BCUT2D eigenvalue weighted by Gasteiger charge is 2.71. The van der Waals surface area contributed by atoms with Crippen molar-refractivity contribution in [1.82, 2.24) is 0 Å². The number of hydrogen-bond donors (Lipinski definition) is 0. The number of thioether (sulfide) groups is 2. The Morgan fingerprint density at radius 1 is 0.755 bits per heavy atom. The molecule has 0 N–H and O–H groups in total. The minimum atomic E-state index is -0.338. The first kappa shape index (κ1) is 33.5. The molecule has 0 saturated carbocycles. The molecule has 7 rings (SSSR count).